The van der Waals surface area contributed by atoms with Gasteiger partial charge in [-0.3, -0.25) is 0 Å². The number of rotatable bonds is 0. The second-order valence-corrected chi connectivity index (χ2v) is 7.86. The minimum Gasteiger partial charge on any atom is -0.327 e. The lowest BCUT2D eigenvalue weighted by Gasteiger charge is -2.61. The van der Waals surface area contributed by atoms with E-state index in [4.69, 9.17) is 5.73 Å². The Hall–Kier alpha value is -0.0400. The quantitative estimate of drug-likeness (QED) is 0.637. The highest BCUT2D eigenvalue weighted by atomic mass is 15.1. The molecule has 0 saturated heterocycles. The van der Waals surface area contributed by atoms with Crippen LogP contribution >= 0.6 is 0 Å². The summed E-state index contributed by atoms with van der Waals surface area (Å²) in [6.45, 7) is 2.63. The molecule has 2 spiro atoms. The van der Waals surface area contributed by atoms with Crippen molar-refractivity contribution in [1.82, 2.24) is 0 Å². The lowest BCUT2D eigenvalue weighted by atomic mass is 9.43. The Morgan fingerprint density at radius 1 is 1.00 bits per heavy atom. The van der Waals surface area contributed by atoms with Crippen LogP contribution in [0, 0.1) is 45.8 Å². The highest BCUT2D eigenvalue weighted by Crippen LogP contribution is 3.04. The van der Waals surface area contributed by atoms with Crippen molar-refractivity contribution in [1.29, 1.82) is 0 Å². The summed E-state index contributed by atoms with van der Waals surface area (Å²) < 4.78 is 0. The number of hydrogen-bond acceptors (Lipinski definition) is 1. The third-order valence-electron chi connectivity index (χ3n) is 8.75. The van der Waals surface area contributed by atoms with Gasteiger partial charge in [0.2, 0.25) is 0 Å². The predicted molar refractivity (Wildman–Crippen MR) is 56.9 cm³/mol. The topological polar surface area (TPSA) is 26.0 Å². The molecule has 2 N–H and O–H groups in total. The van der Waals surface area contributed by atoms with E-state index in [1.165, 1.54) is 6.42 Å². The zero-order valence-electron chi connectivity index (χ0n) is 9.37. The van der Waals surface area contributed by atoms with Crippen LogP contribution in [0.3, 0.4) is 0 Å². The first-order valence-corrected chi connectivity index (χ1v) is 6.94. The molecule has 1 heteroatoms. The molecule has 15 heavy (non-hydrogen) atoms. The van der Waals surface area contributed by atoms with Crippen molar-refractivity contribution in [3.63, 3.8) is 0 Å². The standard InChI is InChI=1S/C14H19N/c1-12-5-6-2-7(12)8-3-10-9-4-11(15)14(10,12)13(6,8)9/h6-11H,2-5,15H2,1H3. The Balaban J connectivity index is 1.82. The molecule has 80 valence electrons. The van der Waals surface area contributed by atoms with Crippen LogP contribution in [0.2, 0.25) is 0 Å². The van der Waals surface area contributed by atoms with Crippen LogP contribution < -0.4 is 5.73 Å². The SMILES string of the molecule is CC12CC3CC1C1CC4C5CC(N)C42C315. The van der Waals surface area contributed by atoms with E-state index >= 15 is 0 Å². The van der Waals surface area contributed by atoms with Crippen LogP contribution in [0.25, 0.3) is 0 Å². The zero-order valence-corrected chi connectivity index (χ0v) is 9.37. The molecule has 9 atom stereocenters. The van der Waals surface area contributed by atoms with Gasteiger partial charge in [-0.2, -0.15) is 0 Å². The maximum atomic E-state index is 6.60. The Morgan fingerprint density at radius 3 is 2.60 bits per heavy atom. The summed E-state index contributed by atoms with van der Waals surface area (Å²) >= 11 is 0. The Bertz CT molecular complexity index is 427. The van der Waals surface area contributed by atoms with E-state index in [1.54, 1.807) is 19.3 Å². The Kier molecular flexibility index (Phi) is 0.716. The van der Waals surface area contributed by atoms with Crippen LogP contribution in [-0.4, -0.2) is 6.04 Å². The molecule has 0 amide bonds. The van der Waals surface area contributed by atoms with Crippen LogP contribution in [-0.2, 0) is 0 Å². The van der Waals surface area contributed by atoms with E-state index in [-0.39, 0.29) is 0 Å². The molecule has 0 aromatic carbocycles. The van der Waals surface area contributed by atoms with Gasteiger partial charge in [-0.25, -0.2) is 0 Å². The van der Waals surface area contributed by atoms with Crippen LogP contribution in [0.15, 0.2) is 0 Å². The van der Waals surface area contributed by atoms with Gasteiger partial charge >= 0.3 is 0 Å². The third kappa shape index (κ3) is 0.320. The van der Waals surface area contributed by atoms with Gasteiger partial charge in [0, 0.05) is 11.5 Å². The predicted octanol–water partition coefficient (Wildman–Crippen LogP) is 2.02. The minimum absolute atomic E-state index is 0.595. The second-order valence-electron chi connectivity index (χ2n) is 7.86. The molecule has 8 bridgehead atoms. The molecular weight excluding hydrogens is 182 g/mol. The zero-order chi connectivity index (χ0) is 9.79. The van der Waals surface area contributed by atoms with Gasteiger partial charge < -0.3 is 5.73 Å². The normalized spacial score (nSPS) is 88.4. The van der Waals surface area contributed by atoms with Gasteiger partial charge in [-0.1, -0.05) is 6.92 Å². The molecule has 0 aromatic rings. The maximum Gasteiger partial charge on any atom is 0.0112 e. The van der Waals surface area contributed by atoms with E-state index in [9.17, 15) is 0 Å². The van der Waals surface area contributed by atoms with Gasteiger partial charge in [0.1, 0.15) is 0 Å². The number of fused-ring (bicyclic) bond motifs is 1. The molecule has 9 rings (SSSR count). The summed E-state index contributed by atoms with van der Waals surface area (Å²) in [6, 6.07) is 0.595. The molecule has 0 aromatic heterocycles. The fraction of sp³-hybridized carbons (Fsp3) is 1.00. The van der Waals surface area contributed by atoms with Gasteiger partial charge in [-0.05, 0) is 66.1 Å². The summed E-state index contributed by atoms with van der Waals surface area (Å²) in [5.74, 6) is 5.55. The van der Waals surface area contributed by atoms with Crippen molar-refractivity contribution in [2.75, 3.05) is 0 Å². The second kappa shape index (κ2) is 1.47. The number of hydrogen-bond donors (Lipinski definition) is 1. The van der Waals surface area contributed by atoms with Crippen molar-refractivity contribution in [2.45, 2.75) is 38.6 Å². The Labute approximate surface area is 90.8 Å². The lowest BCUT2D eigenvalue weighted by Crippen LogP contribution is -2.61. The average molecular weight is 201 g/mol. The molecular formula is C14H19N. The summed E-state index contributed by atoms with van der Waals surface area (Å²) in [6.07, 6.45) is 6.16. The third-order valence-corrected chi connectivity index (χ3v) is 8.75. The molecule has 9 fully saturated rings. The highest BCUT2D eigenvalue weighted by Gasteiger charge is 3.00. The van der Waals surface area contributed by atoms with Gasteiger partial charge in [-0.15, -0.1) is 0 Å². The maximum absolute atomic E-state index is 6.60. The van der Waals surface area contributed by atoms with Crippen LogP contribution in [0.4, 0.5) is 0 Å². The monoisotopic (exact) mass is 201 g/mol. The van der Waals surface area contributed by atoms with Crippen LogP contribution in [0.1, 0.15) is 32.6 Å². The van der Waals surface area contributed by atoms with E-state index in [2.05, 4.69) is 6.92 Å². The summed E-state index contributed by atoms with van der Waals surface area (Å²) in [5, 5.41) is 0. The van der Waals surface area contributed by atoms with Crippen molar-refractivity contribution < 1.29 is 0 Å². The molecule has 9 unspecified atom stereocenters. The van der Waals surface area contributed by atoms with E-state index in [1.807, 2.05) is 0 Å². The molecule has 0 radical (unpaired) electrons. The first-order chi connectivity index (χ1) is 7.19. The van der Waals surface area contributed by atoms with Gasteiger partial charge in [0.05, 0.1) is 0 Å². The van der Waals surface area contributed by atoms with Gasteiger partial charge in [0.15, 0.2) is 0 Å². The molecule has 9 saturated carbocycles. The van der Waals surface area contributed by atoms with Crippen molar-refractivity contribution in [2.24, 2.45) is 51.6 Å². The summed E-state index contributed by atoms with van der Waals surface area (Å²) in [5.41, 5.74) is 8.82. The molecule has 9 aliphatic rings. The van der Waals surface area contributed by atoms with E-state index in [0.717, 1.165) is 35.0 Å². The highest BCUT2D eigenvalue weighted by molar-refractivity contribution is 5.49. The fourth-order valence-corrected chi connectivity index (χ4v) is 9.54. The number of nitrogens with two attached hydrogens (primary N) is 1. The van der Waals surface area contributed by atoms with Crippen molar-refractivity contribution in [3.8, 4) is 0 Å². The molecule has 9 aliphatic carbocycles. The van der Waals surface area contributed by atoms with Crippen molar-refractivity contribution in [3.05, 3.63) is 0 Å². The molecule has 0 aliphatic heterocycles. The van der Waals surface area contributed by atoms with Crippen LogP contribution in [0.5, 0.6) is 0 Å². The first kappa shape index (κ1) is 7.32. The molecule has 0 heterocycles. The minimum atomic E-state index is 0.595. The average Bonchev–Trinajstić information content (AvgIpc) is 2.84. The van der Waals surface area contributed by atoms with Gasteiger partial charge in [0.25, 0.3) is 0 Å². The fourth-order valence-electron chi connectivity index (χ4n) is 9.54. The van der Waals surface area contributed by atoms with Crippen molar-refractivity contribution >= 4 is 0 Å². The summed E-state index contributed by atoms with van der Waals surface area (Å²) in [4.78, 5) is 0. The lowest BCUT2D eigenvalue weighted by molar-refractivity contribution is -0.139. The smallest absolute Gasteiger partial charge is 0.0112 e. The van der Waals surface area contributed by atoms with E-state index in [0.29, 0.717) is 16.9 Å². The largest absolute Gasteiger partial charge is 0.327 e. The van der Waals surface area contributed by atoms with E-state index < -0.39 is 0 Å². The first-order valence-electron chi connectivity index (χ1n) is 6.94. The Morgan fingerprint density at radius 2 is 1.80 bits per heavy atom. The molecule has 1 nitrogen and oxygen atoms in total. The summed E-state index contributed by atoms with van der Waals surface area (Å²) in [7, 11) is 0.